The van der Waals surface area contributed by atoms with E-state index in [2.05, 4.69) is 13.8 Å². The average molecular weight is 209 g/mol. The highest BCUT2D eigenvalue weighted by Gasteiger charge is 2.35. The van der Waals surface area contributed by atoms with Crippen molar-refractivity contribution in [3.05, 3.63) is 22.6 Å². The Labute approximate surface area is 90.3 Å². The summed E-state index contributed by atoms with van der Waals surface area (Å²) in [4.78, 5) is 0. The van der Waals surface area contributed by atoms with Gasteiger partial charge in [-0.25, -0.2) is 0 Å². The van der Waals surface area contributed by atoms with E-state index in [0.717, 1.165) is 35.5 Å². The molecule has 0 aromatic carbocycles. The van der Waals surface area contributed by atoms with E-state index < -0.39 is 6.10 Å². The van der Waals surface area contributed by atoms with Gasteiger partial charge >= 0.3 is 0 Å². The topological polar surface area (TPSA) is 59.4 Å². The predicted molar refractivity (Wildman–Crippen MR) is 58.4 cm³/mol. The molecule has 1 aromatic heterocycles. The van der Waals surface area contributed by atoms with E-state index in [-0.39, 0.29) is 5.41 Å². The molecule has 3 N–H and O–H groups in total. The summed E-state index contributed by atoms with van der Waals surface area (Å²) in [5, 5.41) is 10.1. The molecule has 0 bridgehead atoms. The molecule has 0 saturated heterocycles. The van der Waals surface area contributed by atoms with Gasteiger partial charge in [0.15, 0.2) is 0 Å². The molecule has 3 nitrogen and oxygen atoms in total. The zero-order valence-electron chi connectivity index (χ0n) is 9.63. The molecule has 0 aliphatic heterocycles. The lowest BCUT2D eigenvalue weighted by atomic mass is 9.75. The van der Waals surface area contributed by atoms with Gasteiger partial charge in [-0.1, -0.05) is 13.8 Å². The van der Waals surface area contributed by atoms with Crippen LogP contribution in [0.15, 0.2) is 4.42 Å². The van der Waals surface area contributed by atoms with Crippen LogP contribution in [0.2, 0.25) is 0 Å². The molecular weight excluding hydrogens is 190 g/mol. The van der Waals surface area contributed by atoms with Crippen LogP contribution in [0.1, 0.15) is 49.0 Å². The van der Waals surface area contributed by atoms with Gasteiger partial charge < -0.3 is 15.3 Å². The molecule has 3 heteroatoms. The molecule has 1 aliphatic carbocycles. The lowest BCUT2D eigenvalue weighted by Gasteiger charge is -2.32. The minimum absolute atomic E-state index is 0.114. The molecule has 0 spiro atoms. The summed E-state index contributed by atoms with van der Waals surface area (Å²) in [7, 11) is 0. The number of furan rings is 1. The summed E-state index contributed by atoms with van der Waals surface area (Å²) < 4.78 is 5.71. The second-order valence-corrected chi connectivity index (χ2v) is 5.25. The molecule has 1 aliphatic rings. The van der Waals surface area contributed by atoms with E-state index in [1.54, 1.807) is 0 Å². The number of nitrogens with two attached hydrogens (primary N) is 1. The maximum atomic E-state index is 10.1. The Hall–Kier alpha value is -0.800. The van der Waals surface area contributed by atoms with Crippen molar-refractivity contribution in [3.63, 3.8) is 0 Å². The molecule has 0 fully saturated rings. The Kier molecular flexibility index (Phi) is 2.40. The second-order valence-electron chi connectivity index (χ2n) is 5.25. The first-order chi connectivity index (χ1) is 6.94. The predicted octanol–water partition coefficient (Wildman–Crippen LogP) is 2.05. The normalized spacial score (nSPS) is 23.9. The van der Waals surface area contributed by atoms with Crippen LogP contribution < -0.4 is 5.73 Å². The van der Waals surface area contributed by atoms with Crippen molar-refractivity contribution < 1.29 is 9.52 Å². The molecule has 1 heterocycles. The van der Waals surface area contributed by atoms with Gasteiger partial charge in [0.05, 0.1) is 12.6 Å². The summed E-state index contributed by atoms with van der Waals surface area (Å²) in [5.41, 5.74) is 7.73. The maximum absolute atomic E-state index is 10.1. The SMILES string of the molecule is Cc1c(CN)oc2c1C(O)CC(C)(C)C2. The van der Waals surface area contributed by atoms with Crippen molar-refractivity contribution in [2.75, 3.05) is 0 Å². The first-order valence-electron chi connectivity index (χ1n) is 5.44. The maximum Gasteiger partial charge on any atom is 0.121 e. The van der Waals surface area contributed by atoms with Gasteiger partial charge in [-0.3, -0.25) is 0 Å². The number of hydrogen-bond donors (Lipinski definition) is 2. The van der Waals surface area contributed by atoms with Crippen molar-refractivity contribution in [2.24, 2.45) is 11.1 Å². The Morgan fingerprint density at radius 3 is 2.80 bits per heavy atom. The standard InChI is InChI=1S/C12H19NO2/c1-7-10(6-13)15-9-5-12(2,3)4-8(14)11(7)9/h8,14H,4-6,13H2,1-3H3. The molecule has 84 valence electrons. The largest absolute Gasteiger partial charge is 0.464 e. The molecule has 1 aromatic rings. The average Bonchev–Trinajstić information content (AvgIpc) is 2.40. The number of hydrogen-bond acceptors (Lipinski definition) is 3. The summed E-state index contributed by atoms with van der Waals surface area (Å²) >= 11 is 0. The van der Waals surface area contributed by atoms with Crippen LogP contribution in [0.25, 0.3) is 0 Å². The van der Waals surface area contributed by atoms with Crippen LogP contribution >= 0.6 is 0 Å². The highest BCUT2D eigenvalue weighted by atomic mass is 16.3. The van der Waals surface area contributed by atoms with Crippen molar-refractivity contribution in [3.8, 4) is 0 Å². The Bertz CT molecular complexity index is 379. The van der Waals surface area contributed by atoms with Crippen molar-refractivity contribution in [1.82, 2.24) is 0 Å². The van der Waals surface area contributed by atoms with E-state index in [1.807, 2.05) is 6.92 Å². The third kappa shape index (κ3) is 1.70. The fraction of sp³-hybridized carbons (Fsp3) is 0.667. The van der Waals surface area contributed by atoms with Gasteiger partial charge in [0.1, 0.15) is 11.5 Å². The van der Waals surface area contributed by atoms with Gasteiger partial charge in [0, 0.05) is 12.0 Å². The van der Waals surface area contributed by atoms with Crippen LogP contribution in [-0.2, 0) is 13.0 Å². The quantitative estimate of drug-likeness (QED) is 0.744. The number of rotatable bonds is 1. The number of fused-ring (bicyclic) bond motifs is 1. The van der Waals surface area contributed by atoms with Crippen molar-refractivity contribution in [1.29, 1.82) is 0 Å². The van der Waals surface area contributed by atoms with E-state index >= 15 is 0 Å². The lowest BCUT2D eigenvalue weighted by Crippen LogP contribution is -2.24. The Morgan fingerprint density at radius 1 is 1.53 bits per heavy atom. The summed E-state index contributed by atoms with van der Waals surface area (Å²) in [6, 6.07) is 0. The Balaban J connectivity index is 2.48. The van der Waals surface area contributed by atoms with E-state index in [0.29, 0.717) is 6.54 Å². The smallest absolute Gasteiger partial charge is 0.121 e. The van der Waals surface area contributed by atoms with Gasteiger partial charge in [-0.2, -0.15) is 0 Å². The summed E-state index contributed by atoms with van der Waals surface area (Å²) in [6.45, 7) is 6.69. The fourth-order valence-electron chi connectivity index (χ4n) is 2.53. The van der Waals surface area contributed by atoms with Gasteiger partial charge in [0.2, 0.25) is 0 Å². The highest BCUT2D eigenvalue weighted by Crippen LogP contribution is 2.43. The monoisotopic (exact) mass is 209 g/mol. The molecule has 2 rings (SSSR count). The van der Waals surface area contributed by atoms with Crippen molar-refractivity contribution in [2.45, 2.75) is 46.3 Å². The number of aliphatic hydroxyl groups is 1. The lowest BCUT2D eigenvalue weighted by molar-refractivity contribution is 0.0927. The third-order valence-electron chi connectivity index (χ3n) is 3.27. The first kappa shape index (κ1) is 10.7. The molecule has 0 radical (unpaired) electrons. The minimum atomic E-state index is -0.396. The summed E-state index contributed by atoms with van der Waals surface area (Å²) in [5.74, 6) is 1.74. The van der Waals surface area contributed by atoms with E-state index in [4.69, 9.17) is 10.2 Å². The van der Waals surface area contributed by atoms with Gasteiger partial charge in [-0.05, 0) is 24.3 Å². The number of aliphatic hydroxyl groups excluding tert-OH is 1. The van der Waals surface area contributed by atoms with Crippen LogP contribution in [0.5, 0.6) is 0 Å². The van der Waals surface area contributed by atoms with Crippen LogP contribution in [0, 0.1) is 12.3 Å². The Morgan fingerprint density at radius 2 is 2.20 bits per heavy atom. The molecule has 1 atom stereocenters. The second kappa shape index (κ2) is 3.35. The highest BCUT2D eigenvalue weighted by molar-refractivity contribution is 5.37. The molecular formula is C12H19NO2. The van der Waals surface area contributed by atoms with E-state index in [1.165, 1.54) is 0 Å². The zero-order valence-corrected chi connectivity index (χ0v) is 9.63. The zero-order chi connectivity index (χ0) is 11.2. The third-order valence-corrected chi connectivity index (χ3v) is 3.27. The van der Waals surface area contributed by atoms with Gasteiger partial charge in [0.25, 0.3) is 0 Å². The molecule has 1 unspecified atom stereocenters. The van der Waals surface area contributed by atoms with Crippen molar-refractivity contribution >= 4 is 0 Å². The minimum Gasteiger partial charge on any atom is -0.464 e. The summed E-state index contributed by atoms with van der Waals surface area (Å²) in [6.07, 6.45) is 1.29. The molecule has 0 amide bonds. The fourth-order valence-corrected chi connectivity index (χ4v) is 2.53. The van der Waals surface area contributed by atoms with Crippen LogP contribution in [-0.4, -0.2) is 5.11 Å². The molecule has 0 saturated carbocycles. The van der Waals surface area contributed by atoms with Crippen LogP contribution in [0.4, 0.5) is 0 Å². The van der Waals surface area contributed by atoms with Gasteiger partial charge in [-0.15, -0.1) is 0 Å². The van der Waals surface area contributed by atoms with Crippen LogP contribution in [0.3, 0.4) is 0 Å². The van der Waals surface area contributed by atoms with E-state index in [9.17, 15) is 5.11 Å². The molecule has 15 heavy (non-hydrogen) atoms. The first-order valence-corrected chi connectivity index (χ1v) is 5.44.